The van der Waals surface area contributed by atoms with Gasteiger partial charge in [-0.2, -0.15) is 13.2 Å². The Morgan fingerprint density at radius 1 is 0.811 bits per heavy atom. The van der Waals surface area contributed by atoms with Gasteiger partial charge < -0.3 is 35.8 Å². The second kappa shape index (κ2) is 30.6. The number of rotatable bonds is 24. The van der Waals surface area contributed by atoms with Crippen molar-refractivity contribution in [3.8, 4) is 10.4 Å². The van der Waals surface area contributed by atoms with Gasteiger partial charge in [-0.25, -0.2) is 26.5 Å². The van der Waals surface area contributed by atoms with Gasteiger partial charge in [0.05, 0.1) is 32.8 Å². The first kappa shape index (κ1) is 72.3. The highest BCUT2D eigenvalue weighted by Gasteiger charge is 2.49. The largest absolute Gasteiger partial charge is 0.501 e. The van der Waals surface area contributed by atoms with Crippen LogP contribution in [-0.4, -0.2) is 178 Å². The summed E-state index contributed by atoms with van der Waals surface area (Å²) in [5.41, 5.74) is 2.54. The maximum absolute atomic E-state index is 14.1. The second-order valence-corrected chi connectivity index (χ2v) is 31.8. The third-order valence-corrected chi connectivity index (χ3v) is 22.3. The molecule has 4 heterocycles. The molecule has 95 heavy (non-hydrogen) atoms. The maximum atomic E-state index is 14.1. The number of piperazine rings is 2. The fourth-order valence-electron chi connectivity index (χ4n) is 12.7. The smallest absolute Gasteiger partial charge is 0.391 e. The number of aromatic nitrogens is 1. The number of unbranched alkanes of at least 4 members (excludes halogenated alkanes) is 1. The molecule has 0 bridgehead atoms. The van der Waals surface area contributed by atoms with Gasteiger partial charge in [0.25, 0.3) is 25.8 Å². The van der Waals surface area contributed by atoms with Crippen molar-refractivity contribution in [2.75, 3.05) is 88.8 Å². The predicted molar refractivity (Wildman–Crippen MR) is 362 cm³/mol. The molecule has 5 amide bonds. The molecular formula is C68H86ClF3N10O10S3. The summed E-state index contributed by atoms with van der Waals surface area (Å²) in [5.74, 6) is -2.46. The number of aliphatic hydroxyl groups excluding tert-OH is 1. The van der Waals surface area contributed by atoms with Crippen LogP contribution < -0.4 is 25.6 Å². The van der Waals surface area contributed by atoms with Crippen molar-refractivity contribution in [3.05, 3.63) is 129 Å². The van der Waals surface area contributed by atoms with E-state index < -0.39 is 88.1 Å². The Morgan fingerprint density at radius 3 is 2.11 bits per heavy atom. The molecule has 3 atom stereocenters. The van der Waals surface area contributed by atoms with E-state index in [0.717, 1.165) is 78.4 Å². The van der Waals surface area contributed by atoms with Gasteiger partial charge in [0.1, 0.15) is 17.0 Å². The van der Waals surface area contributed by atoms with Crippen LogP contribution in [0.1, 0.15) is 120 Å². The lowest BCUT2D eigenvalue weighted by Crippen LogP contribution is -2.57. The van der Waals surface area contributed by atoms with Crippen molar-refractivity contribution in [3.63, 3.8) is 0 Å². The van der Waals surface area contributed by atoms with Crippen LogP contribution in [0.5, 0.6) is 0 Å². The van der Waals surface area contributed by atoms with Crippen molar-refractivity contribution in [1.29, 1.82) is 0 Å². The number of aryl methyl sites for hydroxylation is 1. The number of nitrogens with zero attached hydrogens (tertiary/aromatic N) is 6. The molecule has 3 fully saturated rings. The topological polar surface area (TPSA) is 251 Å². The predicted octanol–water partition coefficient (Wildman–Crippen LogP) is 9.29. The van der Waals surface area contributed by atoms with Crippen LogP contribution in [-0.2, 0) is 45.6 Å². The zero-order chi connectivity index (χ0) is 68.6. The van der Waals surface area contributed by atoms with E-state index in [0.29, 0.717) is 76.2 Å². The average molecular weight is 1390 g/mol. The van der Waals surface area contributed by atoms with Crippen LogP contribution in [0.4, 0.5) is 24.5 Å². The highest BCUT2D eigenvalue weighted by molar-refractivity contribution is 7.92. The van der Waals surface area contributed by atoms with Crippen LogP contribution >= 0.6 is 22.9 Å². The van der Waals surface area contributed by atoms with Crippen molar-refractivity contribution in [1.82, 2.24) is 39.9 Å². The number of β-amino-alcohol motifs (C(OH)–C–C–N with tert-alkyl or cyclic N) is 1. The number of thiazole rings is 1. The van der Waals surface area contributed by atoms with Crippen LogP contribution in [0, 0.1) is 17.8 Å². The van der Waals surface area contributed by atoms with Gasteiger partial charge in [-0.1, -0.05) is 88.2 Å². The molecule has 4 aromatic carbocycles. The number of sulfonamides is 1. The molecule has 3 saturated heterocycles. The van der Waals surface area contributed by atoms with Gasteiger partial charge in [-0.3, -0.25) is 33.8 Å². The van der Waals surface area contributed by atoms with Crippen molar-refractivity contribution < 1.29 is 59.1 Å². The molecule has 5 N–H and O–H groups in total. The first-order valence-electron chi connectivity index (χ1n) is 32.2. The van der Waals surface area contributed by atoms with Gasteiger partial charge in [-0.05, 0) is 140 Å². The molecule has 4 aliphatic rings. The van der Waals surface area contributed by atoms with Crippen molar-refractivity contribution >= 4 is 89.3 Å². The third kappa shape index (κ3) is 18.6. The standard InChI is InChI=1S/C68H86ClF3N10O10S3/c1-45-61(93-44-75-45)48-14-12-46(13-15-48)41-74-64(87)57-38-53(83)43-82(57)65(88)62(66(2,3)4)76-59(84)10-7-8-11-60(85)81-36-30-78(31-37-81)29-9-28-73-56-25-24-54(39-58(56)94(89,90)68(70,71)72)95(91,92)77-63(86)49-18-22-52(23-19-49)80-34-32-79(33-35-80)42-50-40-67(5,6)27-26-55(50)47-16-20-51(69)21-17-47/h12-25,39,44,53,57,62,73,83H,7-11,26-38,40-43H2,1-6H3,(H,74,87)(H,76,84)(H,77,86)/t53-,57+,62-/m1/s1. The number of amides is 5. The van der Waals surface area contributed by atoms with Crippen LogP contribution in [0.15, 0.2) is 112 Å². The molecule has 0 saturated carbocycles. The first-order valence-corrected chi connectivity index (χ1v) is 36.4. The number of carbonyl (C=O) groups excluding carboxylic acids is 5. The minimum atomic E-state index is -6.09. The number of allylic oxidation sites excluding steroid dienone is 1. The lowest BCUT2D eigenvalue weighted by molar-refractivity contribution is -0.144. The van der Waals surface area contributed by atoms with Gasteiger partial charge in [0.15, 0.2) is 0 Å². The fraction of sp³-hybridized carbons (Fsp3) is 0.500. The van der Waals surface area contributed by atoms with Gasteiger partial charge in [0, 0.05) is 114 Å². The molecule has 20 nitrogen and oxygen atoms in total. The highest BCUT2D eigenvalue weighted by Crippen LogP contribution is 2.43. The van der Waals surface area contributed by atoms with Crippen LogP contribution in [0.3, 0.4) is 0 Å². The summed E-state index contributed by atoms with van der Waals surface area (Å²) < 4.78 is 97.3. The molecule has 5 aromatic rings. The molecule has 0 spiro atoms. The highest BCUT2D eigenvalue weighted by atomic mass is 35.5. The van der Waals surface area contributed by atoms with Gasteiger partial charge >= 0.3 is 5.51 Å². The molecule has 514 valence electrons. The minimum absolute atomic E-state index is 0.000365. The normalized spacial score (nSPS) is 18.7. The van der Waals surface area contributed by atoms with E-state index in [1.807, 2.05) is 52.9 Å². The molecule has 1 aliphatic carbocycles. The number of sulfone groups is 1. The summed E-state index contributed by atoms with van der Waals surface area (Å²) in [6.07, 6.45) is 3.51. The van der Waals surface area contributed by atoms with E-state index in [2.05, 4.69) is 56.7 Å². The Balaban J connectivity index is 0.692. The van der Waals surface area contributed by atoms with E-state index in [1.54, 1.807) is 54.7 Å². The Kier molecular flexibility index (Phi) is 23.3. The van der Waals surface area contributed by atoms with Gasteiger partial charge in [-0.15, -0.1) is 11.3 Å². The summed E-state index contributed by atoms with van der Waals surface area (Å²) >= 11 is 7.75. The lowest BCUT2D eigenvalue weighted by Gasteiger charge is -2.39. The Labute approximate surface area is 564 Å². The van der Waals surface area contributed by atoms with Crippen molar-refractivity contribution in [2.45, 2.75) is 139 Å². The number of halogens is 4. The Bertz CT molecular complexity index is 3830. The van der Waals surface area contributed by atoms with Gasteiger partial charge in [0.2, 0.25) is 23.6 Å². The fourth-order valence-corrected chi connectivity index (χ4v) is 15.7. The second-order valence-electron chi connectivity index (χ2n) is 26.9. The third-order valence-electron chi connectivity index (χ3n) is 18.2. The SMILES string of the molecule is Cc1ncsc1-c1ccc(CNC(=O)[C@@H]2C[C@@H](O)CN2C(=O)[C@@H](NC(=O)CCCCC(=O)N2CCN(CCCNc3ccc(S(=O)(=O)NC(=O)c4ccc(N5CCN(CC6=C(c7ccc(Cl)cc7)CCC(C)(C)C6)CC5)cc4)cc3S(=O)(=O)C(F)(F)F)CC2)C(C)(C)C)cc1. The molecule has 1 aromatic heterocycles. The van der Waals surface area contributed by atoms with E-state index >= 15 is 0 Å². The zero-order valence-electron chi connectivity index (χ0n) is 54.6. The monoisotopic (exact) mass is 1390 g/mol. The number of benzene rings is 4. The molecule has 0 unspecified atom stereocenters. The molecular weight excluding hydrogens is 1310 g/mol. The summed E-state index contributed by atoms with van der Waals surface area (Å²) in [4.78, 5) is 80.5. The number of likely N-dealkylation sites (tertiary alicyclic amines) is 1. The van der Waals surface area contributed by atoms with E-state index in [4.69, 9.17) is 11.6 Å². The summed E-state index contributed by atoms with van der Waals surface area (Å²) in [6, 6.07) is 22.4. The number of hydrogen-bond acceptors (Lipinski definition) is 16. The molecule has 27 heteroatoms. The average Bonchev–Trinajstić information content (AvgIpc) is 1.19. The number of carbonyl (C=O) groups is 5. The quantitative estimate of drug-likeness (QED) is 0.0361. The summed E-state index contributed by atoms with van der Waals surface area (Å²) in [6.45, 7) is 18.1. The zero-order valence-corrected chi connectivity index (χ0v) is 57.8. The number of nitrogens with one attached hydrogen (secondary N) is 4. The maximum Gasteiger partial charge on any atom is 0.501 e. The number of anilines is 2. The Hall–Kier alpha value is -6.94. The number of hydrogen-bond donors (Lipinski definition) is 5. The van der Waals surface area contributed by atoms with Crippen molar-refractivity contribution in [2.24, 2.45) is 10.8 Å². The molecule has 0 radical (unpaired) electrons. The summed E-state index contributed by atoms with van der Waals surface area (Å²) in [7, 11) is -11.0. The molecule has 9 rings (SSSR count). The van der Waals surface area contributed by atoms with E-state index in [9.17, 15) is 59.1 Å². The summed E-state index contributed by atoms with van der Waals surface area (Å²) in [5, 5.41) is 19.8. The minimum Gasteiger partial charge on any atom is -0.391 e. The number of aliphatic hydroxyl groups is 1. The first-order chi connectivity index (χ1) is 44.9. The Morgan fingerprint density at radius 2 is 1.46 bits per heavy atom. The van der Waals surface area contributed by atoms with Crippen LogP contribution in [0.2, 0.25) is 5.02 Å². The molecule has 3 aliphatic heterocycles. The lowest BCUT2D eigenvalue weighted by atomic mass is 9.73. The van der Waals surface area contributed by atoms with Crippen LogP contribution in [0.25, 0.3) is 16.0 Å². The number of alkyl halides is 3. The van der Waals surface area contributed by atoms with E-state index in [1.165, 1.54) is 33.7 Å². The van der Waals surface area contributed by atoms with E-state index in [-0.39, 0.29) is 55.8 Å².